The molecule has 0 aliphatic heterocycles. The van der Waals surface area contributed by atoms with E-state index in [1.54, 1.807) is 6.07 Å². The largest absolute Gasteiger partial charge is 0.493 e. The van der Waals surface area contributed by atoms with Crippen LogP contribution in [0.1, 0.15) is 29.6 Å². The number of nitrogens with two attached hydrogens (primary N) is 1. The van der Waals surface area contributed by atoms with Crippen molar-refractivity contribution < 1.29 is 23.0 Å². The molecule has 0 heterocycles. The van der Waals surface area contributed by atoms with Gasteiger partial charge in [0.2, 0.25) is 0 Å². The predicted octanol–water partition coefficient (Wildman–Crippen LogP) is 2.58. The number of alkyl halides is 2. The van der Waals surface area contributed by atoms with Crippen molar-refractivity contribution in [1.82, 2.24) is 5.32 Å². The van der Waals surface area contributed by atoms with Gasteiger partial charge in [-0.2, -0.15) is 8.78 Å². The molecule has 2 unspecified atom stereocenters. The molecule has 0 spiro atoms. The lowest BCUT2D eigenvalue weighted by molar-refractivity contribution is -0.0515. The third-order valence-corrected chi connectivity index (χ3v) is 3.93. The van der Waals surface area contributed by atoms with Crippen LogP contribution in [0.4, 0.5) is 8.78 Å². The molecule has 1 saturated carbocycles. The fraction of sp³-hybridized carbons (Fsp3) is 0.533. The number of methoxy groups -OCH3 is 1. The highest BCUT2D eigenvalue weighted by Crippen LogP contribution is 2.33. The van der Waals surface area contributed by atoms with E-state index in [-0.39, 0.29) is 41.4 Å². The maximum absolute atomic E-state index is 12.6. The second-order valence-corrected chi connectivity index (χ2v) is 5.22. The molecule has 3 N–H and O–H groups in total. The summed E-state index contributed by atoms with van der Waals surface area (Å²) in [6.07, 6.45) is 2.79. The summed E-state index contributed by atoms with van der Waals surface area (Å²) < 4.78 is 34.6. The van der Waals surface area contributed by atoms with E-state index in [4.69, 9.17) is 10.5 Å². The van der Waals surface area contributed by atoms with Crippen LogP contribution in [0.5, 0.6) is 11.5 Å². The normalized spacial score (nSPS) is 20.0. The van der Waals surface area contributed by atoms with Crippen molar-refractivity contribution in [3.8, 4) is 11.5 Å². The first kappa shape index (κ1) is 19.4. The average molecular weight is 351 g/mol. The summed E-state index contributed by atoms with van der Waals surface area (Å²) in [5.41, 5.74) is 5.71. The van der Waals surface area contributed by atoms with Crippen molar-refractivity contribution in [2.75, 3.05) is 13.7 Å². The summed E-state index contributed by atoms with van der Waals surface area (Å²) in [6.45, 7) is -2.55. The summed E-state index contributed by atoms with van der Waals surface area (Å²) in [4.78, 5) is 12.4. The molecule has 1 aliphatic rings. The Morgan fingerprint density at radius 3 is 2.78 bits per heavy atom. The summed E-state index contributed by atoms with van der Waals surface area (Å²) >= 11 is 0. The topological polar surface area (TPSA) is 73.6 Å². The quantitative estimate of drug-likeness (QED) is 0.827. The number of halogens is 3. The summed E-state index contributed by atoms with van der Waals surface area (Å²) in [5.74, 6) is -0.400. The zero-order valence-electron chi connectivity index (χ0n) is 12.8. The number of amides is 1. The summed E-state index contributed by atoms with van der Waals surface area (Å²) in [5, 5.41) is 2.86. The fourth-order valence-electron chi connectivity index (χ4n) is 2.82. The molecule has 1 fully saturated rings. The molecule has 0 saturated heterocycles. The highest BCUT2D eigenvalue weighted by Gasteiger charge is 2.29. The highest BCUT2D eigenvalue weighted by molar-refractivity contribution is 5.98. The minimum Gasteiger partial charge on any atom is -0.493 e. The van der Waals surface area contributed by atoms with Crippen LogP contribution in [0.2, 0.25) is 0 Å². The maximum atomic E-state index is 12.6. The zero-order valence-corrected chi connectivity index (χ0v) is 13.6. The molecule has 2 atom stereocenters. The lowest BCUT2D eigenvalue weighted by Gasteiger charge is -2.21. The van der Waals surface area contributed by atoms with Gasteiger partial charge in [0.1, 0.15) is 0 Å². The Morgan fingerprint density at radius 1 is 1.43 bits per heavy atom. The molecular formula is C15H21ClF2N2O3. The molecular weight excluding hydrogens is 330 g/mol. The fourth-order valence-corrected chi connectivity index (χ4v) is 2.82. The van der Waals surface area contributed by atoms with Gasteiger partial charge < -0.3 is 20.5 Å². The number of para-hydroxylation sites is 1. The van der Waals surface area contributed by atoms with E-state index in [0.29, 0.717) is 6.54 Å². The smallest absolute Gasteiger partial charge is 0.387 e. The van der Waals surface area contributed by atoms with E-state index in [1.807, 2.05) is 0 Å². The second-order valence-electron chi connectivity index (χ2n) is 5.22. The molecule has 2 rings (SSSR count). The van der Waals surface area contributed by atoms with Gasteiger partial charge in [0.15, 0.2) is 11.5 Å². The standard InChI is InChI=1S/C15H20F2N2O3.ClH/c1-21-12-7-3-5-10(13(12)22-15(16)17)14(20)19-11-6-2-4-9(11)8-18;/h3,5,7,9,11,15H,2,4,6,8,18H2,1H3,(H,19,20);1H. The Kier molecular flexibility index (Phi) is 7.51. The number of rotatable bonds is 6. The van der Waals surface area contributed by atoms with E-state index >= 15 is 0 Å². The average Bonchev–Trinajstić information content (AvgIpc) is 2.93. The highest BCUT2D eigenvalue weighted by atomic mass is 35.5. The van der Waals surface area contributed by atoms with Gasteiger partial charge >= 0.3 is 6.61 Å². The van der Waals surface area contributed by atoms with Crippen molar-refractivity contribution >= 4 is 18.3 Å². The third-order valence-electron chi connectivity index (χ3n) is 3.93. The van der Waals surface area contributed by atoms with Crippen LogP contribution in [-0.2, 0) is 0 Å². The van der Waals surface area contributed by atoms with Gasteiger partial charge in [-0.05, 0) is 37.4 Å². The number of carbonyl (C=O) groups is 1. The lowest BCUT2D eigenvalue weighted by Crippen LogP contribution is -2.40. The Morgan fingerprint density at radius 2 is 2.17 bits per heavy atom. The van der Waals surface area contributed by atoms with Gasteiger partial charge in [-0.25, -0.2) is 0 Å². The molecule has 0 aromatic heterocycles. The van der Waals surface area contributed by atoms with Crippen LogP contribution in [-0.4, -0.2) is 32.2 Å². The minimum absolute atomic E-state index is 0. The SMILES string of the molecule is COc1cccc(C(=O)NC2CCCC2CN)c1OC(F)F.Cl. The number of benzene rings is 1. The van der Waals surface area contributed by atoms with E-state index in [1.165, 1.54) is 19.2 Å². The number of ether oxygens (including phenoxy) is 2. The van der Waals surface area contributed by atoms with E-state index in [2.05, 4.69) is 10.1 Å². The minimum atomic E-state index is -3.04. The Hall–Kier alpha value is -1.60. The van der Waals surface area contributed by atoms with E-state index < -0.39 is 12.5 Å². The van der Waals surface area contributed by atoms with Crippen LogP contribution in [0, 0.1) is 5.92 Å². The van der Waals surface area contributed by atoms with Gasteiger partial charge in [-0.15, -0.1) is 12.4 Å². The van der Waals surface area contributed by atoms with Crippen LogP contribution in [0.25, 0.3) is 0 Å². The summed E-state index contributed by atoms with van der Waals surface area (Å²) in [6, 6.07) is 4.42. The molecule has 5 nitrogen and oxygen atoms in total. The van der Waals surface area contributed by atoms with Crippen molar-refractivity contribution in [3.05, 3.63) is 23.8 Å². The zero-order chi connectivity index (χ0) is 16.1. The van der Waals surface area contributed by atoms with Crippen LogP contribution in [0.15, 0.2) is 18.2 Å². The van der Waals surface area contributed by atoms with Gasteiger partial charge in [-0.1, -0.05) is 12.5 Å². The van der Waals surface area contributed by atoms with Gasteiger partial charge in [0, 0.05) is 6.04 Å². The molecule has 8 heteroatoms. The lowest BCUT2D eigenvalue weighted by atomic mass is 10.0. The van der Waals surface area contributed by atoms with Crippen LogP contribution >= 0.6 is 12.4 Å². The van der Waals surface area contributed by atoms with Gasteiger partial charge in [0.05, 0.1) is 12.7 Å². The molecule has 1 aromatic carbocycles. The van der Waals surface area contributed by atoms with Crippen LogP contribution in [0.3, 0.4) is 0 Å². The van der Waals surface area contributed by atoms with Gasteiger partial charge in [-0.3, -0.25) is 4.79 Å². The Labute approximate surface area is 139 Å². The summed E-state index contributed by atoms with van der Waals surface area (Å²) in [7, 11) is 1.33. The van der Waals surface area contributed by atoms with Crippen molar-refractivity contribution in [2.45, 2.75) is 31.9 Å². The first-order valence-electron chi connectivity index (χ1n) is 7.19. The van der Waals surface area contributed by atoms with Crippen molar-refractivity contribution in [2.24, 2.45) is 11.7 Å². The van der Waals surface area contributed by atoms with Crippen molar-refractivity contribution in [3.63, 3.8) is 0 Å². The number of hydrogen-bond donors (Lipinski definition) is 2. The Balaban J connectivity index is 0.00000264. The van der Waals surface area contributed by atoms with E-state index in [0.717, 1.165) is 19.3 Å². The first-order chi connectivity index (χ1) is 10.6. The molecule has 1 aromatic rings. The molecule has 1 amide bonds. The molecule has 0 bridgehead atoms. The maximum Gasteiger partial charge on any atom is 0.387 e. The second kappa shape index (κ2) is 8.88. The van der Waals surface area contributed by atoms with Crippen molar-refractivity contribution in [1.29, 1.82) is 0 Å². The number of carbonyl (C=O) groups excluding carboxylic acids is 1. The van der Waals surface area contributed by atoms with Crippen LogP contribution < -0.4 is 20.5 Å². The van der Waals surface area contributed by atoms with Gasteiger partial charge in [0.25, 0.3) is 5.91 Å². The molecule has 23 heavy (non-hydrogen) atoms. The first-order valence-corrected chi connectivity index (χ1v) is 7.19. The molecule has 130 valence electrons. The number of hydrogen-bond acceptors (Lipinski definition) is 4. The molecule has 0 radical (unpaired) electrons. The predicted molar refractivity (Wildman–Crippen MR) is 84.5 cm³/mol. The Bertz CT molecular complexity index is 531. The third kappa shape index (κ3) is 4.68. The monoisotopic (exact) mass is 350 g/mol. The number of nitrogens with one attached hydrogen (secondary N) is 1. The molecule has 1 aliphatic carbocycles. The van der Waals surface area contributed by atoms with E-state index in [9.17, 15) is 13.6 Å².